The molecule has 7 amide bonds. The molecule has 3 fully saturated rings. The van der Waals surface area contributed by atoms with Gasteiger partial charge < -0.3 is 143 Å². The molecule has 8 aliphatic rings. The Hall–Kier alpha value is -9.81. The minimum Gasteiger partial charge on any atom is -0.508 e. The van der Waals surface area contributed by atoms with E-state index in [2.05, 4.69) is 42.5 Å². The first-order valence-corrected chi connectivity index (χ1v) is 39.1. The molecule has 0 spiro atoms. The summed E-state index contributed by atoms with van der Waals surface area (Å²) in [5, 5.41) is 137. The van der Waals surface area contributed by atoms with Gasteiger partial charge in [0.05, 0.1) is 53.5 Å². The van der Waals surface area contributed by atoms with E-state index in [9.17, 15) is 65.4 Å². The summed E-state index contributed by atoms with van der Waals surface area (Å²) in [4.78, 5) is 120. The van der Waals surface area contributed by atoms with Crippen molar-refractivity contribution in [2.75, 3.05) is 13.7 Å². The van der Waals surface area contributed by atoms with Crippen molar-refractivity contribution in [1.29, 1.82) is 0 Å². The Morgan fingerprint density at radius 2 is 1.27 bits per heavy atom. The van der Waals surface area contributed by atoms with Crippen LogP contribution >= 0.6 is 34.8 Å². The number of hydrogen-bond acceptors (Lipinski definition) is 28. The van der Waals surface area contributed by atoms with Gasteiger partial charge in [0.15, 0.2) is 36.2 Å². The molecular formula is C80H93Cl3N10O26. The van der Waals surface area contributed by atoms with Gasteiger partial charge in [0.25, 0.3) is 0 Å². The number of aliphatic carboxylic acids is 1. The minimum absolute atomic E-state index is 0.117. The molecule has 0 unspecified atom stereocenters. The molecule has 6 aromatic rings. The van der Waals surface area contributed by atoms with Crippen LogP contribution in [0.15, 0.2) is 103 Å². The van der Waals surface area contributed by atoms with E-state index in [0.29, 0.717) is 10.6 Å². The standard InChI is InChI=1S/C80H93Cl3N10O26/c1-31(2)18-45(86-7)71(104)92-61-63(99)35-13-16-49(43(82)20-35)114-51-22-38-23-52(67(51)119-78-68(65(101)64(100)53(30-94)116-78)118-56-28-80(6,70(103)33(4)113-56)87-29-37-10-8-9-11-42(37)81)115-50-17-14-36(21-44(50)83)66(117-55-27-79(5,85)69(102)32(3)112-55)62-76(109)91-60(77(110)111)41-24-39(95)25-48(97)57(41)40-19-34(12-15-47(40)96)58(73(106)93-62)90-74(107)59(38)89-72(105)46(26-54(84)98)88-75(61)108/h8-17,19-25,31-33,45-46,53,55-56,58-66,68-70,78,86-87,94-97,99-103H,18,26-30,85H2,1-7H3,(H2,84,98)(H,88,108)(H,89,105)(H,90,107)(H,91,109)(H,92,104)(H,93,106)(H,110,111)/t32-,33-,45+,46-,53+,55-,56-,58+,59+,60-,61+,62-,63+,64+,65-,66+,68+,69-,70-,78-,79-,80-/m0/s1. The number of nitrogens with one attached hydrogen (secondary N) is 8. The third-order valence-electron chi connectivity index (χ3n) is 21.7. The first-order chi connectivity index (χ1) is 56.2. The van der Waals surface area contributed by atoms with E-state index in [4.69, 9.17) is 84.2 Å². The Kier molecular flexibility index (Phi) is 26.9. The number of hydrogen-bond donors (Lipinski definition) is 20. The zero-order chi connectivity index (χ0) is 86.3. The number of nitrogens with two attached hydrogens (primary N) is 2. The van der Waals surface area contributed by atoms with Crippen molar-refractivity contribution < 1.29 is 127 Å². The van der Waals surface area contributed by atoms with Crippen LogP contribution in [0.5, 0.6) is 46.0 Å². The van der Waals surface area contributed by atoms with Crippen LogP contribution in [-0.4, -0.2) is 215 Å². The Balaban J connectivity index is 1.10. The molecule has 0 radical (unpaired) electrons. The molecule has 3 saturated heterocycles. The van der Waals surface area contributed by atoms with Gasteiger partial charge in [-0.2, -0.15) is 0 Å². The van der Waals surface area contributed by atoms with E-state index in [1.165, 1.54) is 51.2 Å². The number of carbonyl (C=O) groups is 8. The fourth-order valence-corrected chi connectivity index (χ4v) is 16.0. The van der Waals surface area contributed by atoms with Gasteiger partial charge in [-0.05, 0) is 136 Å². The molecule has 11 bridgehead atoms. The topological polar surface area (TPSA) is 561 Å². The molecule has 0 aliphatic carbocycles. The van der Waals surface area contributed by atoms with Crippen LogP contribution in [0.1, 0.15) is 131 Å². The lowest BCUT2D eigenvalue weighted by atomic mass is 9.84. The number of aliphatic hydroxyl groups is 6. The van der Waals surface area contributed by atoms with Crippen molar-refractivity contribution in [2.24, 2.45) is 17.4 Å². The van der Waals surface area contributed by atoms with Crippen molar-refractivity contribution in [3.8, 4) is 57.1 Å². The second-order valence-electron chi connectivity index (χ2n) is 31.1. The summed E-state index contributed by atoms with van der Waals surface area (Å²) >= 11 is 21.2. The fourth-order valence-electron chi connectivity index (χ4n) is 15.3. The highest BCUT2D eigenvalue weighted by Gasteiger charge is 2.53. The van der Waals surface area contributed by atoms with Crippen LogP contribution in [0.3, 0.4) is 0 Å². The number of ether oxygens (including phenoxy) is 8. The number of amides is 7. The van der Waals surface area contributed by atoms with Crippen molar-refractivity contribution >= 4 is 82.1 Å². The lowest BCUT2D eigenvalue weighted by Crippen LogP contribution is -2.65. The predicted molar refractivity (Wildman–Crippen MR) is 420 cm³/mol. The number of phenolic OH excluding ortho intramolecular Hbond substituents is 3. The number of rotatable bonds is 18. The molecule has 36 nitrogen and oxygen atoms in total. The zero-order valence-electron chi connectivity index (χ0n) is 65.0. The highest BCUT2D eigenvalue weighted by molar-refractivity contribution is 6.32. The van der Waals surface area contributed by atoms with Crippen LogP contribution in [-0.2, 0) is 68.6 Å². The molecule has 640 valence electrons. The maximum atomic E-state index is 16.5. The Morgan fingerprint density at radius 1 is 0.655 bits per heavy atom. The largest absolute Gasteiger partial charge is 0.508 e. The third kappa shape index (κ3) is 19.2. The van der Waals surface area contributed by atoms with Crippen molar-refractivity contribution in [3.63, 3.8) is 0 Å². The molecule has 0 saturated carbocycles. The number of primary amides is 1. The lowest BCUT2D eigenvalue weighted by molar-refractivity contribution is -0.334. The van der Waals surface area contributed by atoms with E-state index in [-0.39, 0.29) is 59.2 Å². The highest BCUT2D eigenvalue weighted by atomic mass is 35.5. The summed E-state index contributed by atoms with van der Waals surface area (Å²) in [6.07, 6.45) is -22.9. The summed E-state index contributed by atoms with van der Waals surface area (Å²) < 4.78 is 52.6. The molecule has 6 aromatic carbocycles. The van der Waals surface area contributed by atoms with Crippen LogP contribution in [0, 0.1) is 5.92 Å². The SMILES string of the molecule is CN[C@H](CC(C)C)C(=O)N[C@H]1C(=O)N[C@@H](CC(N)=O)C(=O)N[C@H]2C(=O)N[C@H]3C(=O)N[C@H](C(=O)N[C@H](C(=O)O)c4cc(O)cc(O)c4-c4cc3ccc4O)[C@H](O[C@H]3C[C@](C)(N)[C@@H](O)[C@H](C)O3)c3ccc(c(Cl)c3)Oc3cc2cc(c3O[C@@H]2O[C@H](CO)[C@@H](O)[C@H](O)[C@H]2O[C@H]2C[C@](C)(NCc3ccccc3Cl)[C@@H](O)[C@H](C)O2)Oc2ccc(cc2Cl)[C@H]1O. The summed E-state index contributed by atoms with van der Waals surface area (Å²) in [7, 11) is 1.47. The fraction of sp³-hybridized carbons (Fsp3) is 0.450. The molecule has 39 heteroatoms. The van der Waals surface area contributed by atoms with Gasteiger partial charge in [0, 0.05) is 58.2 Å². The number of aromatic hydroxyl groups is 3. The van der Waals surface area contributed by atoms with Crippen molar-refractivity contribution in [3.05, 3.63) is 152 Å². The first kappa shape index (κ1) is 88.5. The summed E-state index contributed by atoms with van der Waals surface area (Å²) in [5.74, 6) is -16.1. The maximum absolute atomic E-state index is 16.5. The molecule has 8 aliphatic heterocycles. The number of benzene rings is 6. The normalized spacial score (nSPS) is 30.7. The van der Waals surface area contributed by atoms with Crippen LogP contribution in [0.2, 0.25) is 15.1 Å². The van der Waals surface area contributed by atoms with Crippen LogP contribution in [0.25, 0.3) is 11.1 Å². The van der Waals surface area contributed by atoms with Gasteiger partial charge >= 0.3 is 5.97 Å². The van der Waals surface area contributed by atoms with E-state index in [1.54, 1.807) is 38.1 Å². The monoisotopic (exact) mass is 1710 g/mol. The number of carboxylic acid groups (broad SMARTS) is 1. The first-order valence-electron chi connectivity index (χ1n) is 38.0. The molecule has 22 N–H and O–H groups in total. The molecule has 22 atom stereocenters. The van der Waals surface area contributed by atoms with Gasteiger partial charge in [-0.25, -0.2) is 4.79 Å². The number of likely N-dealkylation sites (N-methyl/N-ethyl adjacent to an activating group) is 1. The number of carbonyl (C=O) groups excluding carboxylic acids is 7. The number of halogens is 3. The summed E-state index contributed by atoms with van der Waals surface area (Å²) in [6, 6.07) is 6.51. The summed E-state index contributed by atoms with van der Waals surface area (Å²) in [6.45, 7) is 8.93. The predicted octanol–water partition coefficient (Wildman–Crippen LogP) is 2.83. The molecule has 8 heterocycles. The van der Waals surface area contributed by atoms with E-state index in [0.717, 1.165) is 48.5 Å². The lowest BCUT2D eigenvalue weighted by Gasteiger charge is -2.48. The van der Waals surface area contributed by atoms with E-state index < -0.39 is 261 Å². The number of aliphatic hydroxyl groups excluding tert-OH is 6. The second kappa shape index (κ2) is 36.2. The molecule has 119 heavy (non-hydrogen) atoms. The van der Waals surface area contributed by atoms with Gasteiger partial charge in [-0.15, -0.1) is 0 Å². The number of phenols is 3. The van der Waals surface area contributed by atoms with Gasteiger partial charge in [-0.3, -0.25) is 33.6 Å². The van der Waals surface area contributed by atoms with Gasteiger partial charge in [0.1, 0.15) is 89.5 Å². The number of fused-ring (bicyclic) bond motifs is 15. The zero-order valence-corrected chi connectivity index (χ0v) is 67.2. The van der Waals surface area contributed by atoms with Crippen LogP contribution < -0.4 is 68.2 Å². The molecule has 14 rings (SSSR count). The average Bonchev–Trinajstić information content (AvgIpc) is 0.757. The smallest absolute Gasteiger partial charge is 0.330 e. The van der Waals surface area contributed by atoms with Crippen molar-refractivity contribution in [2.45, 2.75) is 207 Å². The Labute approximate surface area is 695 Å². The van der Waals surface area contributed by atoms with E-state index >= 15 is 24.0 Å². The number of carboxylic acids is 1. The third-order valence-corrected chi connectivity index (χ3v) is 22.7. The Morgan fingerprint density at radius 3 is 1.89 bits per heavy atom. The highest BCUT2D eigenvalue weighted by Crippen LogP contribution is 2.51. The molecular weight excluding hydrogens is 1620 g/mol. The quantitative estimate of drug-likeness (QED) is 0.0588. The van der Waals surface area contributed by atoms with E-state index in [1.807, 2.05) is 13.8 Å². The van der Waals surface area contributed by atoms with Gasteiger partial charge in [0.2, 0.25) is 53.4 Å². The summed E-state index contributed by atoms with van der Waals surface area (Å²) in [5.41, 5.74) is 7.60. The minimum atomic E-state index is -2.39. The average molecular weight is 1720 g/mol. The van der Waals surface area contributed by atoms with Crippen LogP contribution in [0.4, 0.5) is 0 Å². The Bertz CT molecular complexity index is 4880. The molecule has 0 aromatic heterocycles. The van der Waals surface area contributed by atoms with Gasteiger partial charge in [-0.1, -0.05) is 85.0 Å². The maximum Gasteiger partial charge on any atom is 0.330 e. The second-order valence-corrected chi connectivity index (χ2v) is 32.3. The van der Waals surface area contributed by atoms with Crippen molar-refractivity contribution in [1.82, 2.24) is 42.5 Å².